The third kappa shape index (κ3) is 3.79. The molecule has 1 fully saturated rings. The molecule has 2 aliphatic carbocycles. The molecule has 0 aromatic heterocycles. The lowest BCUT2D eigenvalue weighted by Gasteiger charge is -2.22. The van der Waals surface area contributed by atoms with Crippen molar-refractivity contribution in [3.63, 3.8) is 0 Å². The van der Waals surface area contributed by atoms with E-state index in [1.165, 1.54) is 62.5 Å². The number of rotatable bonds is 6. The Morgan fingerprint density at radius 1 is 1.14 bits per heavy atom. The van der Waals surface area contributed by atoms with E-state index >= 15 is 0 Å². The molecule has 2 aliphatic rings. The van der Waals surface area contributed by atoms with Crippen molar-refractivity contribution >= 4 is 0 Å². The van der Waals surface area contributed by atoms with Crippen LogP contribution in [0.4, 0.5) is 0 Å². The van der Waals surface area contributed by atoms with Crippen LogP contribution in [0.5, 0.6) is 5.75 Å². The van der Waals surface area contributed by atoms with Crippen LogP contribution in [0.3, 0.4) is 0 Å². The van der Waals surface area contributed by atoms with Gasteiger partial charge in [0.25, 0.3) is 0 Å². The SMILES string of the molecule is CCCNC1CCc2cc(OCC3CCCCC3)ccc21. The molecule has 2 heteroatoms. The zero-order valence-electron chi connectivity index (χ0n) is 13.4. The predicted molar refractivity (Wildman–Crippen MR) is 87.9 cm³/mol. The fraction of sp³-hybridized carbons (Fsp3) is 0.684. The van der Waals surface area contributed by atoms with Gasteiger partial charge in [0.1, 0.15) is 5.75 Å². The summed E-state index contributed by atoms with van der Waals surface area (Å²) in [5.74, 6) is 1.86. The zero-order chi connectivity index (χ0) is 14.5. The summed E-state index contributed by atoms with van der Waals surface area (Å²) >= 11 is 0. The largest absolute Gasteiger partial charge is 0.493 e. The third-order valence-corrected chi connectivity index (χ3v) is 5.04. The molecule has 1 N–H and O–H groups in total. The molecule has 1 aromatic carbocycles. The normalized spacial score (nSPS) is 22.2. The lowest BCUT2D eigenvalue weighted by Crippen LogP contribution is -2.19. The maximum Gasteiger partial charge on any atom is 0.119 e. The standard InChI is InChI=1S/C19H29NO/c1-2-12-20-19-11-8-16-13-17(9-10-18(16)19)21-14-15-6-4-3-5-7-15/h9-10,13,15,19-20H,2-8,11-12,14H2,1H3. The van der Waals surface area contributed by atoms with Crippen LogP contribution in [-0.4, -0.2) is 13.2 Å². The molecule has 2 nitrogen and oxygen atoms in total. The highest BCUT2D eigenvalue weighted by Crippen LogP contribution is 2.34. The maximum atomic E-state index is 6.07. The van der Waals surface area contributed by atoms with E-state index in [-0.39, 0.29) is 0 Å². The number of ether oxygens (including phenoxy) is 1. The molecule has 116 valence electrons. The minimum absolute atomic E-state index is 0.562. The van der Waals surface area contributed by atoms with E-state index in [1.54, 1.807) is 0 Å². The van der Waals surface area contributed by atoms with Crippen molar-refractivity contribution in [2.75, 3.05) is 13.2 Å². The van der Waals surface area contributed by atoms with Crippen molar-refractivity contribution in [1.82, 2.24) is 5.32 Å². The molecular weight excluding hydrogens is 258 g/mol. The molecule has 1 aromatic rings. The van der Waals surface area contributed by atoms with Crippen LogP contribution in [0.25, 0.3) is 0 Å². The minimum Gasteiger partial charge on any atom is -0.493 e. The lowest BCUT2D eigenvalue weighted by atomic mass is 9.90. The van der Waals surface area contributed by atoms with Gasteiger partial charge in [0.05, 0.1) is 6.61 Å². The molecule has 0 bridgehead atoms. The molecule has 1 saturated carbocycles. The molecular formula is C19H29NO. The molecule has 1 atom stereocenters. The molecule has 1 unspecified atom stereocenters. The minimum atomic E-state index is 0.562. The smallest absolute Gasteiger partial charge is 0.119 e. The van der Waals surface area contributed by atoms with Crippen LogP contribution in [-0.2, 0) is 6.42 Å². The summed E-state index contributed by atoms with van der Waals surface area (Å²) in [6.45, 7) is 4.26. The second-order valence-electron chi connectivity index (χ2n) is 6.72. The summed E-state index contributed by atoms with van der Waals surface area (Å²) in [7, 11) is 0. The summed E-state index contributed by atoms with van der Waals surface area (Å²) in [6.07, 6.45) is 10.5. The zero-order valence-corrected chi connectivity index (χ0v) is 13.4. The van der Waals surface area contributed by atoms with Gasteiger partial charge in [0.15, 0.2) is 0 Å². The predicted octanol–water partition coefficient (Wildman–Crippen LogP) is 4.63. The molecule has 0 aliphatic heterocycles. The van der Waals surface area contributed by atoms with Crippen molar-refractivity contribution in [1.29, 1.82) is 0 Å². The van der Waals surface area contributed by atoms with Crippen LogP contribution in [0.1, 0.15) is 69.0 Å². The first-order valence-corrected chi connectivity index (χ1v) is 8.86. The van der Waals surface area contributed by atoms with Crippen LogP contribution in [0.2, 0.25) is 0 Å². The Morgan fingerprint density at radius 3 is 2.81 bits per heavy atom. The molecule has 0 heterocycles. The number of fused-ring (bicyclic) bond motifs is 1. The first-order valence-electron chi connectivity index (χ1n) is 8.86. The number of aryl methyl sites for hydroxylation is 1. The Morgan fingerprint density at radius 2 is 2.00 bits per heavy atom. The van der Waals surface area contributed by atoms with Gasteiger partial charge in [-0.3, -0.25) is 0 Å². The first-order chi connectivity index (χ1) is 10.4. The second kappa shape index (κ2) is 7.31. The summed E-state index contributed by atoms with van der Waals surface area (Å²) in [5, 5.41) is 3.65. The van der Waals surface area contributed by atoms with Gasteiger partial charge < -0.3 is 10.1 Å². The van der Waals surface area contributed by atoms with Crippen LogP contribution < -0.4 is 10.1 Å². The van der Waals surface area contributed by atoms with Gasteiger partial charge >= 0.3 is 0 Å². The topological polar surface area (TPSA) is 21.3 Å². The van der Waals surface area contributed by atoms with E-state index in [2.05, 4.69) is 30.4 Å². The van der Waals surface area contributed by atoms with E-state index in [0.29, 0.717) is 6.04 Å². The van der Waals surface area contributed by atoms with E-state index in [4.69, 9.17) is 4.74 Å². The Hall–Kier alpha value is -1.02. The molecule has 0 saturated heterocycles. The fourth-order valence-corrected chi connectivity index (χ4v) is 3.78. The van der Waals surface area contributed by atoms with Crippen LogP contribution >= 0.6 is 0 Å². The second-order valence-corrected chi connectivity index (χ2v) is 6.72. The lowest BCUT2D eigenvalue weighted by molar-refractivity contribution is 0.208. The molecule has 0 radical (unpaired) electrons. The van der Waals surface area contributed by atoms with Gasteiger partial charge in [-0.2, -0.15) is 0 Å². The van der Waals surface area contributed by atoms with Crippen molar-refractivity contribution in [2.45, 2.75) is 64.3 Å². The molecule has 0 amide bonds. The summed E-state index contributed by atoms with van der Waals surface area (Å²) < 4.78 is 6.07. The Balaban J connectivity index is 1.56. The quantitative estimate of drug-likeness (QED) is 0.823. The van der Waals surface area contributed by atoms with Gasteiger partial charge in [0, 0.05) is 6.04 Å². The Labute approximate surface area is 129 Å². The van der Waals surface area contributed by atoms with Gasteiger partial charge in [-0.25, -0.2) is 0 Å². The highest BCUT2D eigenvalue weighted by molar-refractivity contribution is 5.40. The van der Waals surface area contributed by atoms with E-state index in [9.17, 15) is 0 Å². The third-order valence-electron chi connectivity index (χ3n) is 5.04. The van der Waals surface area contributed by atoms with Crippen molar-refractivity contribution in [3.8, 4) is 5.75 Å². The van der Waals surface area contributed by atoms with Gasteiger partial charge in [0.2, 0.25) is 0 Å². The van der Waals surface area contributed by atoms with E-state index in [0.717, 1.165) is 24.8 Å². The Kier molecular flexibility index (Phi) is 5.18. The highest BCUT2D eigenvalue weighted by atomic mass is 16.5. The highest BCUT2D eigenvalue weighted by Gasteiger charge is 2.22. The average molecular weight is 287 g/mol. The summed E-state index contributed by atoms with van der Waals surface area (Å²) in [4.78, 5) is 0. The van der Waals surface area contributed by atoms with Gasteiger partial charge in [-0.15, -0.1) is 0 Å². The maximum absolute atomic E-state index is 6.07. The van der Waals surface area contributed by atoms with Gasteiger partial charge in [-0.05, 0) is 67.8 Å². The number of hydrogen-bond donors (Lipinski definition) is 1. The first kappa shape index (κ1) is 14.9. The Bertz CT molecular complexity index is 451. The molecule has 0 spiro atoms. The van der Waals surface area contributed by atoms with Gasteiger partial charge in [-0.1, -0.05) is 32.3 Å². The monoisotopic (exact) mass is 287 g/mol. The van der Waals surface area contributed by atoms with Crippen molar-refractivity contribution < 1.29 is 4.74 Å². The molecule has 21 heavy (non-hydrogen) atoms. The van der Waals surface area contributed by atoms with Crippen molar-refractivity contribution in [2.24, 2.45) is 5.92 Å². The summed E-state index contributed by atoms with van der Waals surface area (Å²) in [5.41, 5.74) is 2.98. The van der Waals surface area contributed by atoms with Crippen LogP contribution in [0.15, 0.2) is 18.2 Å². The van der Waals surface area contributed by atoms with E-state index < -0.39 is 0 Å². The summed E-state index contributed by atoms with van der Waals surface area (Å²) in [6, 6.07) is 7.30. The average Bonchev–Trinajstić information content (AvgIpc) is 2.94. The van der Waals surface area contributed by atoms with Crippen molar-refractivity contribution in [3.05, 3.63) is 29.3 Å². The van der Waals surface area contributed by atoms with Crippen LogP contribution in [0, 0.1) is 5.92 Å². The van der Waals surface area contributed by atoms with E-state index in [1.807, 2.05) is 0 Å². The number of nitrogens with one attached hydrogen (secondary N) is 1. The molecule has 3 rings (SSSR count). The number of benzene rings is 1. The fourth-order valence-electron chi connectivity index (χ4n) is 3.78. The number of hydrogen-bond acceptors (Lipinski definition) is 2.